The van der Waals surface area contributed by atoms with Crippen molar-refractivity contribution in [3.63, 3.8) is 0 Å². The molecule has 1 aliphatic rings. The molecule has 2 rings (SSSR count). The van der Waals surface area contributed by atoms with Crippen LogP contribution in [0.2, 0.25) is 5.82 Å². The smallest absolute Gasteiger partial charge is 0.410 e. The van der Waals surface area contributed by atoms with Gasteiger partial charge >= 0.3 is 6.09 Å². The van der Waals surface area contributed by atoms with Crippen LogP contribution >= 0.6 is 0 Å². The molecule has 0 bridgehead atoms. The Morgan fingerprint density at radius 3 is 2.41 bits per heavy atom. The first-order valence-corrected chi connectivity index (χ1v) is 10.2. The summed E-state index contributed by atoms with van der Waals surface area (Å²) in [6, 6.07) is 6.40. The van der Waals surface area contributed by atoms with Crippen molar-refractivity contribution in [1.29, 1.82) is 0 Å². The van der Waals surface area contributed by atoms with Crippen LogP contribution in [-0.4, -0.2) is 65.3 Å². The molecule has 148 valence electrons. The fraction of sp³-hybridized carbons (Fsp3) is 0.611. The first kappa shape index (κ1) is 21.7. The van der Waals surface area contributed by atoms with Crippen molar-refractivity contribution >= 4 is 24.1 Å². The maximum Gasteiger partial charge on any atom is 0.410 e. The Morgan fingerprint density at radius 2 is 1.81 bits per heavy atom. The van der Waals surface area contributed by atoms with Crippen LogP contribution in [0.15, 0.2) is 29.2 Å². The molecule has 1 aromatic rings. The van der Waals surface area contributed by atoms with E-state index in [1.165, 1.54) is 17.0 Å². The summed E-state index contributed by atoms with van der Waals surface area (Å²) in [6.07, 6.45) is -0.842. The molecular weight excluding hydrogens is 369 g/mol. The Hall–Kier alpha value is -1.58. The topological polar surface area (TPSA) is 82.1 Å². The lowest BCUT2D eigenvalue weighted by atomic mass is 9.85. The number of carbonyl (C=O) groups is 1. The minimum Gasteiger partial charge on any atom is -0.444 e. The van der Waals surface area contributed by atoms with E-state index in [1.807, 2.05) is 6.92 Å². The average Bonchev–Trinajstić information content (AvgIpc) is 2.92. The highest BCUT2D eigenvalue weighted by Crippen LogP contribution is 2.24. The first-order chi connectivity index (χ1) is 12.5. The van der Waals surface area contributed by atoms with Crippen LogP contribution in [-0.2, 0) is 23.8 Å². The maximum absolute atomic E-state index is 12.1. The monoisotopic (exact) mass is 395 g/mol. The van der Waals surface area contributed by atoms with E-state index in [1.54, 1.807) is 32.9 Å². The lowest BCUT2D eigenvalue weighted by Crippen LogP contribution is -2.36. The van der Waals surface area contributed by atoms with Gasteiger partial charge in [-0.25, -0.2) is 4.79 Å². The molecule has 1 heterocycles. The van der Waals surface area contributed by atoms with E-state index >= 15 is 0 Å². The van der Waals surface area contributed by atoms with Crippen molar-refractivity contribution in [3.8, 4) is 0 Å². The van der Waals surface area contributed by atoms with E-state index in [0.29, 0.717) is 13.1 Å². The SMILES string of the molecule is [B][C@@H]1CN(C(=O)OC(C)(C)C)C[C@H]1OCCOS(=O)(=O)c1ccc(C)cc1. The number of hydrogen-bond acceptors (Lipinski definition) is 6. The van der Waals surface area contributed by atoms with E-state index in [0.717, 1.165) is 5.56 Å². The highest BCUT2D eigenvalue weighted by Gasteiger charge is 2.35. The third-order valence-electron chi connectivity index (χ3n) is 3.92. The van der Waals surface area contributed by atoms with Crippen LogP contribution in [0.25, 0.3) is 0 Å². The summed E-state index contributed by atoms with van der Waals surface area (Å²) in [7, 11) is 2.18. The molecule has 0 unspecified atom stereocenters. The summed E-state index contributed by atoms with van der Waals surface area (Å²) in [5.41, 5.74) is 0.375. The molecule has 1 aliphatic heterocycles. The lowest BCUT2D eigenvalue weighted by Gasteiger charge is -2.24. The van der Waals surface area contributed by atoms with Gasteiger partial charge in [-0.05, 0) is 45.6 Å². The average molecular weight is 395 g/mol. The van der Waals surface area contributed by atoms with Crippen molar-refractivity contribution in [2.24, 2.45) is 0 Å². The number of rotatable bonds is 6. The number of nitrogens with zero attached hydrogens (tertiary/aromatic N) is 1. The predicted molar refractivity (Wildman–Crippen MR) is 101 cm³/mol. The van der Waals surface area contributed by atoms with Gasteiger partial charge in [0.25, 0.3) is 10.1 Å². The van der Waals surface area contributed by atoms with Crippen molar-refractivity contribution in [2.75, 3.05) is 26.3 Å². The van der Waals surface area contributed by atoms with Gasteiger partial charge in [-0.3, -0.25) is 4.18 Å². The van der Waals surface area contributed by atoms with Crippen LogP contribution in [0.4, 0.5) is 4.79 Å². The third kappa shape index (κ3) is 6.51. The van der Waals surface area contributed by atoms with Gasteiger partial charge in [0.2, 0.25) is 0 Å². The van der Waals surface area contributed by atoms with Crippen LogP contribution in [0, 0.1) is 6.92 Å². The Balaban J connectivity index is 1.78. The third-order valence-corrected chi connectivity index (χ3v) is 5.25. The predicted octanol–water partition coefficient (Wildman–Crippen LogP) is 2.29. The molecule has 1 fully saturated rings. The highest BCUT2D eigenvalue weighted by atomic mass is 32.2. The fourth-order valence-electron chi connectivity index (χ4n) is 2.57. The molecule has 2 atom stereocenters. The van der Waals surface area contributed by atoms with Crippen LogP contribution in [0.1, 0.15) is 26.3 Å². The van der Waals surface area contributed by atoms with Gasteiger partial charge in [-0.15, -0.1) is 0 Å². The van der Waals surface area contributed by atoms with Crippen LogP contribution < -0.4 is 0 Å². The van der Waals surface area contributed by atoms with Crippen LogP contribution in [0.3, 0.4) is 0 Å². The fourth-order valence-corrected chi connectivity index (χ4v) is 3.46. The molecular formula is C18H26BNO6S. The molecule has 27 heavy (non-hydrogen) atoms. The van der Waals surface area contributed by atoms with E-state index < -0.39 is 27.9 Å². The number of benzene rings is 1. The van der Waals surface area contributed by atoms with Gasteiger partial charge in [0.05, 0.1) is 32.1 Å². The summed E-state index contributed by atoms with van der Waals surface area (Å²) < 4.78 is 40.1. The minimum atomic E-state index is -3.83. The number of ether oxygens (including phenoxy) is 2. The second-order valence-electron chi connectivity index (χ2n) is 7.55. The molecule has 1 aromatic carbocycles. The van der Waals surface area contributed by atoms with Gasteiger partial charge < -0.3 is 14.4 Å². The van der Waals surface area contributed by atoms with Gasteiger partial charge in [0.1, 0.15) is 5.60 Å². The van der Waals surface area contributed by atoms with E-state index in [4.69, 9.17) is 21.5 Å². The Bertz CT molecular complexity index is 744. The molecule has 0 aliphatic carbocycles. The molecule has 0 aromatic heterocycles. The lowest BCUT2D eigenvalue weighted by molar-refractivity contribution is 0.0176. The zero-order chi connectivity index (χ0) is 20.2. The molecule has 7 nitrogen and oxygen atoms in total. The van der Waals surface area contributed by atoms with E-state index in [2.05, 4.69) is 0 Å². The molecule has 1 amide bonds. The van der Waals surface area contributed by atoms with E-state index in [9.17, 15) is 13.2 Å². The second kappa shape index (κ2) is 8.62. The van der Waals surface area contributed by atoms with Crippen molar-refractivity contribution in [2.45, 2.75) is 50.1 Å². The summed E-state index contributed by atoms with van der Waals surface area (Å²) in [6.45, 7) is 7.78. The Kier molecular flexibility index (Phi) is 6.94. The molecule has 0 saturated carbocycles. The van der Waals surface area contributed by atoms with Crippen molar-refractivity contribution in [3.05, 3.63) is 29.8 Å². The number of carbonyl (C=O) groups excluding carboxylic acids is 1. The maximum atomic E-state index is 12.1. The zero-order valence-corrected chi connectivity index (χ0v) is 17.0. The van der Waals surface area contributed by atoms with Gasteiger partial charge in [0, 0.05) is 13.1 Å². The number of likely N-dealkylation sites (tertiary alicyclic amines) is 1. The second-order valence-corrected chi connectivity index (χ2v) is 9.16. The van der Waals surface area contributed by atoms with Crippen molar-refractivity contribution in [1.82, 2.24) is 4.90 Å². The number of amides is 1. The zero-order valence-electron chi connectivity index (χ0n) is 16.2. The summed E-state index contributed by atoms with van der Waals surface area (Å²) in [5.74, 6) is -0.369. The van der Waals surface area contributed by atoms with Gasteiger partial charge in [0.15, 0.2) is 0 Å². The summed E-state index contributed by atoms with van der Waals surface area (Å²) in [5, 5.41) is 0. The molecule has 0 N–H and O–H groups in total. The standard InChI is InChI=1S/C18H26BNO6S/c1-13-5-7-14(8-6-13)27(22,23)25-10-9-24-16-12-20(11-15(16)19)17(21)26-18(2,3)4/h5-8,15-16H,9-12H2,1-4H3/t15-,16-/m1/s1. The highest BCUT2D eigenvalue weighted by molar-refractivity contribution is 7.86. The first-order valence-electron chi connectivity index (χ1n) is 8.79. The largest absolute Gasteiger partial charge is 0.444 e. The van der Waals surface area contributed by atoms with Gasteiger partial charge in [-0.2, -0.15) is 8.42 Å². The molecule has 2 radical (unpaired) electrons. The molecule has 9 heteroatoms. The quantitative estimate of drug-likeness (QED) is 0.418. The molecule has 1 saturated heterocycles. The number of hydrogen-bond donors (Lipinski definition) is 0. The molecule has 0 spiro atoms. The summed E-state index contributed by atoms with van der Waals surface area (Å²) >= 11 is 0. The Labute approximate surface area is 162 Å². The summed E-state index contributed by atoms with van der Waals surface area (Å²) in [4.78, 5) is 13.7. The van der Waals surface area contributed by atoms with E-state index in [-0.39, 0.29) is 23.9 Å². The minimum absolute atomic E-state index is 0.0472. The number of aryl methyl sites for hydroxylation is 1. The Morgan fingerprint density at radius 1 is 1.19 bits per heavy atom. The normalized spacial score (nSPS) is 20.7. The van der Waals surface area contributed by atoms with Crippen molar-refractivity contribution < 1.29 is 26.9 Å². The van der Waals surface area contributed by atoms with Gasteiger partial charge in [-0.1, -0.05) is 17.7 Å². The van der Waals surface area contributed by atoms with Crippen LogP contribution in [0.5, 0.6) is 0 Å².